The van der Waals surface area contributed by atoms with Crippen molar-refractivity contribution in [2.45, 2.75) is 25.2 Å². The lowest BCUT2D eigenvalue weighted by atomic mass is 9.91. The first-order chi connectivity index (χ1) is 6.81. The third-order valence-electron chi connectivity index (χ3n) is 2.95. The molecule has 2 rings (SSSR count). The number of nitrogens with two attached hydrogens (primary N) is 1. The van der Waals surface area contributed by atoms with Crippen LogP contribution in [0.5, 0.6) is 0 Å². The van der Waals surface area contributed by atoms with Gasteiger partial charge in [0, 0.05) is 0 Å². The number of benzene rings is 1. The van der Waals surface area contributed by atoms with Gasteiger partial charge in [-0.25, -0.2) is 4.39 Å². The van der Waals surface area contributed by atoms with Crippen LogP contribution in [0.25, 0.3) is 0 Å². The molecule has 0 heterocycles. The highest BCUT2D eigenvalue weighted by Gasteiger charge is 2.31. The first kappa shape index (κ1) is 9.66. The fraction of sp³-hybridized carbons (Fsp3) is 0.500. The summed E-state index contributed by atoms with van der Waals surface area (Å²) in [7, 11) is 0. The molecule has 0 spiro atoms. The summed E-state index contributed by atoms with van der Waals surface area (Å²) < 4.78 is 13.0. The molecule has 0 radical (unpaired) electrons. The molecule has 1 aliphatic rings. The van der Waals surface area contributed by atoms with E-state index in [1.165, 1.54) is 18.9 Å². The van der Waals surface area contributed by atoms with Crippen molar-refractivity contribution in [1.29, 1.82) is 0 Å². The zero-order chi connectivity index (χ0) is 9.97. The van der Waals surface area contributed by atoms with Crippen LogP contribution in [0.3, 0.4) is 0 Å². The van der Waals surface area contributed by atoms with Crippen LogP contribution in [0.1, 0.15) is 30.7 Å². The number of hydrogen-bond acceptors (Lipinski definition) is 1. The SMILES string of the molecule is NCCC(c1cccc(F)c1)C1CC1. The zero-order valence-electron chi connectivity index (χ0n) is 8.25. The van der Waals surface area contributed by atoms with E-state index in [1.807, 2.05) is 6.07 Å². The van der Waals surface area contributed by atoms with Crippen LogP contribution in [-0.4, -0.2) is 6.54 Å². The minimum Gasteiger partial charge on any atom is -0.330 e. The standard InChI is InChI=1S/C12H16FN/c13-11-3-1-2-10(8-11)12(6-7-14)9-4-5-9/h1-3,8-9,12H,4-7,14H2. The average Bonchev–Trinajstić information content (AvgIpc) is 2.97. The third-order valence-corrected chi connectivity index (χ3v) is 2.95. The maximum atomic E-state index is 13.0. The summed E-state index contributed by atoms with van der Waals surface area (Å²) in [6, 6.07) is 6.95. The molecule has 0 saturated heterocycles. The maximum Gasteiger partial charge on any atom is 0.123 e. The van der Waals surface area contributed by atoms with Gasteiger partial charge in [0.2, 0.25) is 0 Å². The van der Waals surface area contributed by atoms with Crippen molar-refractivity contribution in [3.05, 3.63) is 35.6 Å². The highest BCUT2D eigenvalue weighted by atomic mass is 19.1. The first-order valence-electron chi connectivity index (χ1n) is 5.27. The number of halogens is 1. The van der Waals surface area contributed by atoms with Crippen LogP contribution in [0.15, 0.2) is 24.3 Å². The zero-order valence-corrected chi connectivity index (χ0v) is 8.25. The fourth-order valence-corrected chi connectivity index (χ4v) is 2.09. The molecule has 2 heteroatoms. The van der Waals surface area contributed by atoms with E-state index in [2.05, 4.69) is 0 Å². The highest BCUT2D eigenvalue weighted by Crippen LogP contribution is 2.44. The second kappa shape index (κ2) is 4.09. The van der Waals surface area contributed by atoms with Crippen LogP contribution in [-0.2, 0) is 0 Å². The van der Waals surface area contributed by atoms with Gasteiger partial charge in [-0.1, -0.05) is 12.1 Å². The molecule has 0 amide bonds. The largest absolute Gasteiger partial charge is 0.330 e. The van der Waals surface area contributed by atoms with Crippen molar-refractivity contribution in [2.24, 2.45) is 11.7 Å². The lowest BCUT2D eigenvalue weighted by molar-refractivity contribution is 0.556. The molecule has 1 saturated carbocycles. The van der Waals surface area contributed by atoms with Crippen LogP contribution in [0.4, 0.5) is 4.39 Å². The molecule has 0 aliphatic heterocycles. The lowest BCUT2D eigenvalue weighted by Gasteiger charge is -2.15. The smallest absolute Gasteiger partial charge is 0.123 e. The van der Waals surface area contributed by atoms with E-state index in [4.69, 9.17) is 5.73 Å². The van der Waals surface area contributed by atoms with E-state index in [9.17, 15) is 4.39 Å². The van der Waals surface area contributed by atoms with Gasteiger partial charge in [-0.3, -0.25) is 0 Å². The van der Waals surface area contributed by atoms with Crippen molar-refractivity contribution in [3.8, 4) is 0 Å². The summed E-state index contributed by atoms with van der Waals surface area (Å²) in [6.45, 7) is 0.692. The van der Waals surface area contributed by atoms with E-state index in [-0.39, 0.29) is 5.82 Å². The minimum absolute atomic E-state index is 0.134. The van der Waals surface area contributed by atoms with E-state index >= 15 is 0 Å². The predicted molar refractivity (Wildman–Crippen MR) is 55.5 cm³/mol. The molecular weight excluding hydrogens is 177 g/mol. The molecule has 1 aromatic carbocycles. The van der Waals surface area contributed by atoms with Gasteiger partial charge in [-0.2, -0.15) is 0 Å². The van der Waals surface area contributed by atoms with Crippen LogP contribution >= 0.6 is 0 Å². The predicted octanol–water partition coefficient (Wildman–Crippen LogP) is 2.67. The molecule has 2 N–H and O–H groups in total. The van der Waals surface area contributed by atoms with Crippen molar-refractivity contribution in [1.82, 2.24) is 0 Å². The Morgan fingerprint density at radius 1 is 1.43 bits per heavy atom. The topological polar surface area (TPSA) is 26.0 Å². The van der Waals surface area contributed by atoms with E-state index < -0.39 is 0 Å². The normalized spacial score (nSPS) is 18.1. The Morgan fingerprint density at radius 2 is 2.21 bits per heavy atom. The van der Waals surface area contributed by atoms with Gasteiger partial charge in [0.25, 0.3) is 0 Å². The Balaban J connectivity index is 2.16. The monoisotopic (exact) mass is 193 g/mol. The summed E-state index contributed by atoms with van der Waals surface area (Å²) in [6.07, 6.45) is 3.54. The summed E-state index contributed by atoms with van der Waals surface area (Å²) >= 11 is 0. The van der Waals surface area contributed by atoms with Gasteiger partial charge in [-0.05, 0) is 55.3 Å². The van der Waals surface area contributed by atoms with Gasteiger partial charge in [-0.15, -0.1) is 0 Å². The molecule has 76 valence electrons. The van der Waals surface area contributed by atoms with Crippen LogP contribution in [0.2, 0.25) is 0 Å². The summed E-state index contributed by atoms with van der Waals surface area (Å²) in [5.74, 6) is 1.10. The summed E-state index contributed by atoms with van der Waals surface area (Å²) in [5.41, 5.74) is 6.70. The Hall–Kier alpha value is -0.890. The average molecular weight is 193 g/mol. The minimum atomic E-state index is -0.134. The van der Waals surface area contributed by atoms with Gasteiger partial charge < -0.3 is 5.73 Å². The van der Waals surface area contributed by atoms with E-state index in [1.54, 1.807) is 12.1 Å². The Morgan fingerprint density at radius 3 is 2.79 bits per heavy atom. The summed E-state index contributed by atoms with van der Waals surface area (Å²) in [4.78, 5) is 0. The number of hydrogen-bond donors (Lipinski definition) is 1. The molecular formula is C12H16FN. The summed E-state index contributed by atoms with van der Waals surface area (Å²) in [5, 5.41) is 0. The van der Waals surface area contributed by atoms with Gasteiger partial charge in [0.05, 0.1) is 0 Å². The van der Waals surface area contributed by atoms with Gasteiger partial charge >= 0.3 is 0 Å². The third kappa shape index (κ3) is 2.13. The van der Waals surface area contributed by atoms with Crippen molar-refractivity contribution >= 4 is 0 Å². The Labute approximate surface area is 84.1 Å². The maximum absolute atomic E-state index is 13.0. The fourth-order valence-electron chi connectivity index (χ4n) is 2.09. The van der Waals surface area contributed by atoms with Crippen LogP contribution in [0, 0.1) is 11.7 Å². The number of rotatable bonds is 4. The van der Waals surface area contributed by atoms with E-state index in [0.717, 1.165) is 17.9 Å². The molecule has 14 heavy (non-hydrogen) atoms. The molecule has 1 atom stereocenters. The molecule has 1 nitrogen and oxygen atoms in total. The van der Waals surface area contributed by atoms with Crippen molar-refractivity contribution in [3.63, 3.8) is 0 Å². The quantitative estimate of drug-likeness (QED) is 0.781. The lowest BCUT2D eigenvalue weighted by Crippen LogP contribution is -2.09. The van der Waals surface area contributed by atoms with Crippen molar-refractivity contribution in [2.75, 3.05) is 6.54 Å². The molecule has 1 aromatic rings. The second-order valence-electron chi connectivity index (χ2n) is 4.08. The van der Waals surface area contributed by atoms with Crippen molar-refractivity contribution < 1.29 is 4.39 Å². The second-order valence-corrected chi connectivity index (χ2v) is 4.08. The molecule has 1 fully saturated rings. The molecule has 0 bridgehead atoms. The van der Waals surface area contributed by atoms with E-state index in [0.29, 0.717) is 12.5 Å². The highest BCUT2D eigenvalue weighted by molar-refractivity contribution is 5.22. The molecule has 1 unspecified atom stereocenters. The Kier molecular flexibility index (Phi) is 2.82. The first-order valence-corrected chi connectivity index (χ1v) is 5.27. The Bertz CT molecular complexity index is 307. The van der Waals surface area contributed by atoms with Gasteiger partial charge in [0.1, 0.15) is 5.82 Å². The molecule has 0 aromatic heterocycles. The van der Waals surface area contributed by atoms with Gasteiger partial charge in [0.15, 0.2) is 0 Å². The molecule has 1 aliphatic carbocycles. The van der Waals surface area contributed by atoms with Crippen LogP contribution < -0.4 is 5.73 Å².